The number of pyridine rings is 1. The summed E-state index contributed by atoms with van der Waals surface area (Å²) in [5, 5.41) is 6.05. The number of carbonyl (C=O) groups excluding carboxylic acids is 1. The van der Waals surface area contributed by atoms with Crippen molar-refractivity contribution in [3.8, 4) is 23.1 Å². The first-order valence-electron chi connectivity index (χ1n) is 11.7. The Morgan fingerprint density at radius 1 is 1.27 bits per heavy atom. The highest BCUT2D eigenvalue weighted by molar-refractivity contribution is 7.89. The van der Waals surface area contributed by atoms with E-state index in [1.807, 2.05) is 0 Å². The third kappa shape index (κ3) is 6.29. The highest BCUT2D eigenvalue weighted by Gasteiger charge is 2.25. The average Bonchev–Trinajstić information content (AvgIpc) is 2.87. The van der Waals surface area contributed by atoms with Gasteiger partial charge in [0.25, 0.3) is 12.0 Å². The molecular formula is C23H23ClF2N6O7S. The molecule has 4 rings (SSSR count). The van der Waals surface area contributed by atoms with Crippen LogP contribution in [0.15, 0.2) is 38.9 Å². The summed E-state index contributed by atoms with van der Waals surface area (Å²) in [6, 6.07) is 3.61. The molecule has 0 bridgehead atoms. The molecule has 1 amide bonds. The number of hydrogen-bond donors (Lipinski definition) is 3. The Bertz CT molecular complexity index is 1650. The molecule has 0 radical (unpaired) electrons. The molecule has 0 saturated heterocycles. The zero-order valence-corrected chi connectivity index (χ0v) is 22.6. The SMILES string of the molecule is COc1cnc(Oc2c(C)cc(-n3nc(C(F)F)c(=O)[nH]c3=O)cc2Cl)cc1S(=O)(=O)NCC(=O)NC1CCC1. The summed E-state index contributed by atoms with van der Waals surface area (Å²) in [6.45, 7) is 1.03. The van der Waals surface area contributed by atoms with Crippen LogP contribution in [-0.2, 0) is 14.8 Å². The lowest BCUT2D eigenvalue weighted by Crippen LogP contribution is -2.44. The lowest BCUT2D eigenvalue weighted by molar-refractivity contribution is -0.121. The number of aromatic nitrogens is 4. The summed E-state index contributed by atoms with van der Waals surface area (Å²) < 4.78 is 65.8. The zero-order valence-electron chi connectivity index (χ0n) is 21.0. The first-order valence-corrected chi connectivity index (χ1v) is 13.6. The van der Waals surface area contributed by atoms with Gasteiger partial charge in [-0.1, -0.05) is 11.6 Å². The molecule has 1 fully saturated rings. The molecule has 0 atom stereocenters. The highest BCUT2D eigenvalue weighted by atomic mass is 35.5. The second-order valence-corrected chi connectivity index (χ2v) is 10.9. The van der Waals surface area contributed by atoms with E-state index in [1.165, 1.54) is 26.2 Å². The van der Waals surface area contributed by atoms with Crippen molar-refractivity contribution < 1.29 is 31.5 Å². The molecule has 1 aliphatic rings. The molecule has 13 nitrogen and oxygen atoms in total. The standard InChI is InChI=1S/C23H23ClF2N6O7S/c1-11-6-13(32-23(35)30-22(34)19(31-32)21(25)26)7-14(24)20(11)39-18-8-16(15(38-2)9-27-18)40(36,37)28-10-17(33)29-12-4-3-5-12/h6-9,12,21,28H,3-5,10H2,1-2H3,(H,29,33)(H,30,34,35). The molecule has 0 spiro atoms. The normalized spacial score (nSPS) is 13.7. The third-order valence-corrected chi connectivity index (χ3v) is 7.64. The number of carbonyl (C=O) groups is 1. The Balaban J connectivity index is 1.60. The van der Waals surface area contributed by atoms with Gasteiger partial charge in [-0.05, 0) is 43.9 Å². The number of aromatic amines is 1. The van der Waals surface area contributed by atoms with Gasteiger partial charge in [-0.3, -0.25) is 14.6 Å². The van der Waals surface area contributed by atoms with E-state index < -0.39 is 45.8 Å². The van der Waals surface area contributed by atoms with Gasteiger partial charge in [0.05, 0.1) is 30.6 Å². The van der Waals surface area contributed by atoms with Crippen LogP contribution in [0, 0.1) is 6.92 Å². The van der Waals surface area contributed by atoms with E-state index in [2.05, 4.69) is 20.1 Å². The third-order valence-electron chi connectivity index (χ3n) is 5.93. The maximum atomic E-state index is 13.1. The fourth-order valence-corrected chi connectivity index (χ4v) is 5.13. The first kappa shape index (κ1) is 29.1. The molecule has 40 heavy (non-hydrogen) atoms. The van der Waals surface area contributed by atoms with Crippen molar-refractivity contribution >= 4 is 27.5 Å². The highest BCUT2D eigenvalue weighted by Crippen LogP contribution is 2.36. The van der Waals surface area contributed by atoms with Gasteiger partial charge in [0.2, 0.25) is 21.8 Å². The van der Waals surface area contributed by atoms with E-state index in [1.54, 1.807) is 4.98 Å². The lowest BCUT2D eigenvalue weighted by atomic mass is 9.93. The molecule has 1 aromatic carbocycles. The molecule has 2 heterocycles. The number of methoxy groups -OCH3 is 1. The summed E-state index contributed by atoms with van der Waals surface area (Å²) in [5.41, 5.74) is -3.30. The monoisotopic (exact) mass is 600 g/mol. The smallest absolute Gasteiger partial charge is 0.349 e. The second kappa shape index (κ2) is 11.7. The molecule has 3 N–H and O–H groups in total. The van der Waals surface area contributed by atoms with Crippen LogP contribution in [0.2, 0.25) is 5.02 Å². The second-order valence-electron chi connectivity index (χ2n) is 8.73. The maximum absolute atomic E-state index is 13.1. The number of ether oxygens (including phenoxy) is 2. The molecule has 0 aliphatic heterocycles. The van der Waals surface area contributed by atoms with Crippen molar-refractivity contribution in [3.05, 3.63) is 61.5 Å². The van der Waals surface area contributed by atoms with Crippen molar-refractivity contribution in [1.29, 1.82) is 0 Å². The number of H-pyrrole nitrogens is 1. The van der Waals surface area contributed by atoms with Gasteiger partial charge in [0.15, 0.2) is 17.2 Å². The Labute approximate surface area is 230 Å². The van der Waals surface area contributed by atoms with E-state index in [9.17, 15) is 31.6 Å². The predicted molar refractivity (Wildman–Crippen MR) is 137 cm³/mol. The van der Waals surface area contributed by atoms with Gasteiger partial charge < -0.3 is 14.8 Å². The Morgan fingerprint density at radius 3 is 2.60 bits per heavy atom. The van der Waals surface area contributed by atoms with Crippen molar-refractivity contribution in [2.75, 3.05) is 13.7 Å². The fraction of sp³-hybridized carbons (Fsp3) is 0.348. The number of hydrogen-bond acceptors (Lipinski definition) is 9. The predicted octanol–water partition coefficient (Wildman–Crippen LogP) is 1.96. The molecule has 0 unspecified atom stereocenters. The number of nitrogens with one attached hydrogen (secondary N) is 3. The van der Waals surface area contributed by atoms with E-state index in [4.69, 9.17) is 21.1 Å². The summed E-state index contributed by atoms with van der Waals surface area (Å²) in [7, 11) is -3.00. The van der Waals surface area contributed by atoms with Crippen molar-refractivity contribution in [2.45, 2.75) is 43.5 Å². The van der Waals surface area contributed by atoms with E-state index >= 15 is 0 Å². The lowest BCUT2D eigenvalue weighted by Gasteiger charge is -2.26. The van der Waals surface area contributed by atoms with E-state index in [-0.39, 0.29) is 44.6 Å². The largest absolute Gasteiger partial charge is 0.494 e. The van der Waals surface area contributed by atoms with Crippen LogP contribution < -0.4 is 30.8 Å². The van der Waals surface area contributed by atoms with Gasteiger partial charge in [0, 0.05) is 12.1 Å². The molecule has 3 aromatic rings. The van der Waals surface area contributed by atoms with Gasteiger partial charge in [-0.15, -0.1) is 0 Å². The van der Waals surface area contributed by atoms with Gasteiger partial charge in [-0.2, -0.15) is 9.78 Å². The Morgan fingerprint density at radius 2 is 2.00 bits per heavy atom. The number of amides is 1. The van der Waals surface area contributed by atoms with Gasteiger partial charge in [0.1, 0.15) is 4.90 Å². The Hall–Kier alpha value is -3.89. The number of halogens is 3. The number of nitrogens with zero attached hydrogens (tertiary/aromatic N) is 3. The van der Waals surface area contributed by atoms with Crippen molar-refractivity contribution in [1.82, 2.24) is 29.8 Å². The molecule has 214 valence electrons. The van der Waals surface area contributed by atoms with E-state index in [0.717, 1.165) is 31.5 Å². The first-order chi connectivity index (χ1) is 18.9. The number of rotatable bonds is 10. The van der Waals surface area contributed by atoms with Gasteiger partial charge in [-0.25, -0.2) is 31.7 Å². The molecule has 17 heteroatoms. The molecule has 2 aromatic heterocycles. The van der Waals surface area contributed by atoms with Crippen LogP contribution in [0.4, 0.5) is 8.78 Å². The number of sulfonamides is 1. The minimum atomic E-state index is -4.25. The van der Waals surface area contributed by atoms with Crippen LogP contribution in [-0.4, -0.2) is 53.8 Å². The average molecular weight is 601 g/mol. The quantitative estimate of drug-likeness (QED) is 0.314. The van der Waals surface area contributed by atoms with Crippen LogP contribution in [0.5, 0.6) is 17.4 Å². The maximum Gasteiger partial charge on any atom is 0.349 e. The molecule has 1 saturated carbocycles. The summed E-state index contributed by atoms with van der Waals surface area (Å²) in [6.07, 6.45) is 0.561. The summed E-state index contributed by atoms with van der Waals surface area (Å²) in [4.78, 5) is 41.3. The number of aryl methyl sites for hydroxylation is 1. The van der Waals surface area contributed by atoms with Crippen LogP contribution >= 0.6 is 11.6 Å². The minimum Gasteiger partial charge on any atom is -0.494 e. The number of alkyl halides is 2. The topological polar surface area (TPSA) is 174 Å². The fourth-order valence-electron chi connectivity index (χ4n) is 3.69. The summed E-state index contributed by atoms with van der Waals surface area (Å²) in [5.74, 6) is -0.796. The zero-order chi connectivity index (χ0) is 29.2. The van der Waals surface area contributed by atoms with E-state index in [0.29, 0.717) is 4.68 Å². The number of benzene rings is 1. The molecule has 1 aliphatic carbocycles. The van der Waals surface area contributed by atoms with Gasteiger partial charge >= 0.3 is 5.69 Å². The molecular weight excluding hydrogens is 578 g/mol. The van der Waals surface area contributed by atoms with Crippen molar-refractivity contribution in [3.63, 3.8) is 0 Å². The van der Waals surface area contributed by atoms with Crippen LogP contribution in [0.1, 0.15) is 36.9 Å². The Kier molecular flexibility index (Phi) is 8.51. The minimum absolute atomic E-state index is 0.00539. The van der Waals surface area contributed by atoms with Crippen LogP contribution in [0.3, 0.4) is 0 Å². The van der Waals surface area contributed by atoms with Crippen molar-refractivity contribution in [2.24, 2.45) is 0 Å². The summed E-state index contributed by atoms with van der Waals surface area (Å²) >= 11 is 6.34. The van der Waals surface area contributed by atoms with Crippen LogP contribution in [0.25, 0.3) is 5.69 Å².